The molecule has 0 aromatic heterocycles. The quantitative estimate of drug-likeness (QED) is 0.181. The third-order valence-electron chi connectivity index (χ3n) is 10.0. The first-order valence-electron chi connectivity index (χ1n) is 15.1. The second-order valence-corrected chi connectivity index (χ2v) is 12.0. The van der Waals surface area contributed by atoms with Gasteiger partial charge in [-0.25, -0.2) is 0 Å². The van der Waals surface area contributed by atoms with Gasteiger partial charge in [-0.05, 0) is 100 Å². The molecule has 0 atom stereocenters. The molecule has 0 heterocycles. The van der Waals surface area contributed by atoms with Crippen molar-refractivity contribution < 1.29 is 0 Å². The molecule has 0 fully saturated rings. The largest absolute Gasteiger partial charge is 0.0725 e. The molecule has 0 amide bonds. The van der Waals surface area contributed by atoms with Crippen molar-refractivity contribution in [2.75, 3.05) is 0 Å². The molecular weight excluding hydrogens is 516 g/mol. The van der Waals surface area contributed by atoms with E-state index in [9.17, 15) is 0 Å². The summed E-state index contributed by atoms with van der Waals surface area (Å²) in [5, 5.41) is 7.75. The lowest BCUT2D eigenvalue weighted by Crippen LogP contribution is -2.25. The third kappa shape index (κ3) is 2.86. The summed E-state index contributed by atoms with van der Waals surface area (Å²) in [6, 6.07) is 59.0. The molecule has 43 heavy (non-hydrogen) atoms. The van der Waals surface area contributed by atoms with Crippen LogP contribution in [-0.2, 0) is 5.41 Å². The molecule has 0 unspecified atom stereocenters. The van der Waals surface area contributed by atoms with Gasteiger partial charge < -0.3 is 0 Å². The van der Waals surface area contributed by atoms with Gasteiger partial charge in [0, 0.05) is 0 Å². The Bertz CT molecular complexity index is 2360. The summed E-state index contributed by atoms with van der Waals surface area (Å²) in [5.41, 5.74) is 13.1. The lowest BCUT2D eigenvalue weighted by molar-refractivity contribution is 0.795. The fourth-order valence-corrected chi connectivity index (χ4v) is 8.39. The Kier molecular flexibility index (Phi) is 4.47. The summed E-state index contributed by atoms with van der Waals surface area (Å²) >= 11 is 0. The molecule has 10 rings (SSSR count). The number of rotatable bonds is 1. The average molecular weight is 543 g/mol. The molecule has 0 saturated carbocycles. The number of hydrogen-bond acceptors (Lipinski definition) is 0. The Hall–Kier alpha value is -5.46. The van der Waals surface area contributed by atoms with E-state index in [1.807, 2.05) is 0 Å². The number of hydrogen-bond donors (Lipinski definition) is 0. The lowest BCUT2D eigenvalue weighted by atomic mass is 9.70. The maximum atomic E-state index is 2.52. The number of fused-ring (bicyclic) bond motifs is 14. The van der Waals surface area contributed by atoms with E-state index >= 15 is 0 Å². The smallest absolute Gasteiger partial charge is 0.0619 e. The Morgan fingerprint density at radius 2 is 0.837 bits per heavy atom. The van der Waals surface area contributed by atoms with Crippen LogP contribution >= 0.6 is 0 Å². The van der Waals surface area contributed by atoms with E-state index in [2.05, 4.69) is 158 Å². The van der Waals surface area contributed by atoms with Gasteiger partial charge in [-0.3, -0.25) is 0 Å². The van der Waals surface area contributed by atoms with Gasteiger partial charge in [-0.1, -0.05) is 146 Å². The highest BCUT2D eigenvalue weighted by Gasteiger charge is 2.52. The second-order valence-electron chi connectivity index (χ2n) is 12.0. The molecule has 0 aliphatic heterocycles. The fraction of sp³-hybridized carbons (Fsp3) is 0.0233. The zero-order valence-electron chi connectivity index (χ0n) is 23.5. The monoisotopic (exact) mass is 542 g/mol. The third-order valence-corrected chi connectivity index (χ3v) is 10.0. The molecule has 2 aliphatic rings. The van der Waals surface area contributed by atoms with Crippen molar-refractivity contribution in [2.24, 2.45) is 0 Å². The van der Waals surface area contributed by atoms with Crippen LogP contribution in [0.15, 0.2) is 158 Å². The summed E-state index contributed by atoms with van der Waals surface area (Å²) in [4.78, 5) is 0. The molecule has 0 heteroatoms. The maximum absolute atomic E-state index is 2.52. The molecule has 198 valence electrons. The van der Waals surface area contributed by atoms with Crippen molar-refractivity contribution in [3.05, 3.63) is 180 Å². The number of benzene rings is 8. The SMILES string of the molecule is c1ccc2c(c1)-c1ccccc1C21c2cc(-c3c4ccccc4cc4ccccc34)ccc2-c2c1ccc1ccccc21. The Morgan fingerprint density at radius 3 is 1.49 bits per heavy atom. The Morgan fingerprint density at radius 1 is 0.302 bits per heavy atom. The highest BCUT2D eigenvalue weighted by Crippen LogP contribution is 2.64. The topological polar surface area (TPSA) is 0 Å². The standard InChI is InChI=1S/C43H26/c1-4-14-31-27(11-1)22-24-39-42(31)36-23-21-30(41-32-15-5-2-12-28(32)25-29-13-3-6-16-33(29)41)26-40(36)43(39)37-19-9-7-17-34(37)35-18-8-10-20-38(35)43/h1-26H. The van der Waals surface area contributed by atoms with Crippen LogP contribution in [0.3, 0.4) is 0 Å². The molecule has 8 aromatic rings. The highest BCUT2D eigenvalue weighted by atomic mass is 14.5. The summed E-state index contributed by atoms with van der Waals surface area (Å²) in [7, 11) is 0. The molecular formula is C43H26. The second kappa shape index (κ2) is 8.31. The summed E-state index contributed by atoms with van der Waals surface area (Å²) in [5.74, 6) is 0. The van der Waals surface area contributed by atoms with Crippen molar-refractivity contribution >= 4 is 32.3 Å². The van der Waals surface area contributed by atoms with Gasteiger partial charge in [0.2, 0.25) is 0 Å². The van der Waals surface area contributed by atoms with Gasteiger partial charge in [0.05, 0.1) is 5.41 Å². The zero-order chi connectivity index (χ0) is 28.1. The van der Waals surface area contributed by atoms with Crippen molar-refractivity contribution in [3.8, 4) is 33.4 Å². The summed E-state index contributed by atoms with van der Waals surface area (Å²) in [6.45, 7) is 0. The minimum absolute atomic E-state index is 0.377. The van der Waals surface area contributed by atoms with Crippen molar-refractivity contribution in [3.63, 3.8) is 0 Å². The maximum Gasteiger partial charge on any atom is 0.0725 e. The van der Waals surface area contributed by atoms with E-state index in [4.69, 9.17) is 0 Å². The minimum atomic E-state index is -0.377. The minimum Gasteiger partial charge on any atom is -0.0619 e. The van der Waals surface area contributed by atoms with E-state index in [0.29, 0.717) is 0 Å². The van der Waals surface area contributed by atoms with Crippen LogP contribution in [0.1, 0.15) is 22.3 Å². The summed E-state index contributed by atoms with van der Waals surface area (Å²) in [6.07, 6.45) is 0. The van der Waals surface area contributed by atoms with Gasteiger partial charge in [0.25, 0.3) is 0 Å². The summed E-state index contributed by atoms with van der Waals surface area (Å²) < 4.78 is 0. The first kappa shape index (κ1) is 23.1. The molecule has 0 N–H and O–H groups in total. The van der Waals surface area contributed by atoms with Gasteiger partial charge in [0.1, 0.15) is 0 Å². The normalized spacial score (nSPS) is 13.8. The van der Waals surface area contributed by atoms with Crippen LogP contribution in [0.4, 0.5) is 0 Å². The van der Waals surface area contributed by atoms with Crippen LogP contribution < -0.4 is 0 Å². The average Bonchev–Trinajstić information content (AvgIpc) is 3.54. The molecule has 1 spiro atoms. The van der Waals surface area contributed by atoms with Gasteiger partial charge in [-0.15, -0.1) is 0 Å². The van der Waals surface area contributed by atoms with Crippen LogP contribution in [0.5, 0.6) is 0 Å². The van der Waals surface area contributed by atoms with Gasteiger partial charge in [0.15, 0.2) is 0 Å². The van der Waals surface area contributed by atoms with Gasteiger partial charge in [-0.2, -0.15) is 0 Å². The highest BCUT2D eigenvalue weighted by molar-refractivity contribution is 6.14. The van der Waals surface area contributed by atoms with E-state index in [1.165, 1.54) is 88.0 Å². The first-order valence-corrected chi connectivity index (χ1v) is 15.1. The predicted molar refractivity (Wildman–Crippen MR) is 181 cm³/mol. The van der Waals surface area contributed by atoms with Crippen molar-refractivity contribution in [2.45, 2.75) is 5.41 Å². The molecule has 2 aliphatic carbocycles. The lowest BCUT2D eigenvalue weighted by Gasteiger charge is -2.31. The van der Waals surface area contributed by atoms with Crippen LogP contribution in [-0.4, -0.2) is 0 Å². The van der Waals surface area contributed by atoms with Crippen LogP contribution in [0, 0.1) is 0 Å². The van der Waals surface area contributed by atoms with Gasteiger partial charge >= 0.3 is 0 Å². The van der Waals surface area contributed by atoms with E-state index in [0.717, 1.165) is 0 Å². The molecule has 0 nitrogen and oxygen atoms in total. The van der Waals surface area contributed by atoms with E-state index in [1.54, 1.807) is 0 Å². The predicted octanol–water partition coefficient (Wildman–Crippen LogP) is 11.2. The Labute approximate surface area is 250 Å². The first-order chi connectivity index (χ1) is 21.3. The van der Waals surface area contributed by atoms with Crippen molar-refractivity contribution in [1.29, 1.82) is 0 Å². The molecule has 0 bridgehead atoms. The van der Waals surface area contributed by atoms with E-state index in [-0.39, 0.29) is 5.41 Å². The molecule has 0 saturated heterocycles. The van der Waals surface area contributed by atoms with Crippen LogP contribution in [0.25, 0.3) is 65.7 Å². The van der Waals surface area contributed by atoms with Crippen molar-refractivity contribution in [1.82, 2.24) is 0 Å². The Balaban J connectivity index is 1.39. The zero-order valence-corrected chi connectivity index (χ0v) is 23.5. The van der Waals surface area contributed by atoms with E-state index < -0.39 is 0 Å². The molecule has 0 radical (unpaired) electrons. The van der Waals surface area contributed by atoms with Crippen LogP contribution in [0.2, 0.25) is 0 Å². The fourth-order valence-electron chi connectivity index (χ4n) is 8.39. The molecule has 8 aromatic carbocycles.